The molecule has 0 rings (SSSR count). The van der Waals surface area contributed by atoms with E-state index in [4.69, 9.17) is 0 Å². The number of aldehydes is 1. The van der Waals surface area contributed by atoms with Crippen molar-refractivity contribution in [1.29, 1.82) is 0 Å². The highest BCUT2D eigenvalue weighted by atomic mass is 16.1. The summed E-state index contributed by atoms with van der Waals surface area (Å²) >= 11 is 0. The van der Waals surface area contributed by atoms with Crippen LogP contribution in [-0.2, 0) is 4.79 Å². The molecule has 0 aromatic heterocycles. The molecular weight excluding hydrogens is 160 g/mol. The zero-order valence-corrected chi connectivity index (χ0v) is 8.81. The SMILES string of the molecule is C=C(C)C/C(=C/C=O)CCCCC. The molecule has 0 bridgehead atoms. The molecule has 1 nitrogen and oxygen atoms in total. The third-order valence-corrected chi connectivity index (χ3v) is 1.93. The van der Waals surface area contributed by atoms with E-state index in [1.807, 2.05) is 6.92 Å². The third kappa shape index (κ3) is 7.51. The molecule has 0 atom stereocenters. The number of rotatable bonds is 7. The van der Waals surface area contributed by atoms with Gasteiger partial charge >= 0.3 is 0 Å². The summed E-state index contributed by atoms with van der Waals surface area (Å²) in [6.45, 7) is 8.03. The van der Waals surface area contributed by atoms with Crippen LogP contribution in [0.25, 0.3) is 0 Å². The topological polar surface area (TPSA) is 17.1 Å². The molecule has 0 aliphatic rings. The number of hydrogen-bond donors (Lipinski definition) is 0. The number of hydrogen-bond acceptors (Lipinski definition) is 1. The Morgan fingerprint density at radius 3 is 2.54 bits per heavy atom. The first kappa shape index (κ1) is 12.2. The Labute approximate surface area is 81.5 Å². The second-order valence-electron chi connectivity index (χ2n) is 3.55. The monoisotopic (exact) mass is 180 g/mol. The van der Waals surface area contributed by atoms with Crippen LogP contribution in [0.1, 0.15) is 46.0 Å². The van der Waals surface area contributed by atoms with Gasteiger partial charge in [-0.15, -0.1) is 0 Å². The maximum Gasteiger partial charge on any atom is 0.142 e. The van der Waals surface area contributed by atoms with Crippen molar-refractivity contribution in [2.24, 2.45) is 0 Å². The van der Waals surface area contributed by atoms with E-state index in [-0.39, 0.29) is 0 Å². The third-order valence-electron chi connectivity index (χ3n) is 1.93. The first-order valence-corrected chi connectivity index (χ1v) is 4.98. The Balaban J connectivity index is 3.88. The summed E-state index contributed by atoms with van der Waals surface area (Å²) in [7, 11) is 0. The van der Waals surface area contributed by atoms with E-state index < -0.39 is 0 Å². The molecule has 0 saturated heterocycles. The molecule has 1 heteroatoms. The minimum absolute atomic E-state index is 0.877. The summed E-state index contributed by atoms with van der Waals surface area (Å²) in [6, 6.07) is 0. The van der Waals surface area contributed by atoms with E-state index in [9.17, 15) is 4.79 Å². The first-order chi connectivity index (χ1) is 6.20. The Morgan fingerprint density at radius 1 is 1.38 bits per heavy atom. The van der Waals surface area contributed by atoms with Crippen molar-refractivity contribution in [2.75, 3.05) is 0 Å². The van der Waals surface area contributed by atoms with Crippen molar-refractivity contribution < 1.29 is 4.79 Å². The molecule has 13 heavy (non-hydrogen) atoms. The van der Waals surface area contributed by atoms with Gasteiger partial charge in [0.05, 0.1) is 0 Å². The number of unbranched alkanes of at least 4 members (excludes halogenated alkanes) is 2. The zero-order valence-electron chi connectivity index (χ0n) is 8.81. The molecular formula is C12H20O. The normalized spacial score (nSPS) is 11.4. The maximum atomic E-state index is 10.3. The van der Waals surface area contributed by atoms with Crippen LogP contribution in [0.3, 0.4) is 0 Å². The molecule has 0 amide bonds. The standard InChI is InChI=1S/C12H20O/c1-4-5-6-7-12(8-9-13)10-11(2)3/h8-9H,2,4-7,10H2,1,3H3/b12-8+. The van der Waals surface area contributed by atoms with Gasteiger partial charge < -0.3 is 0 Å². The van der Waals surface area contributed by atoms with Crippen LogP contribution in [0.15, 0.2) is 23.8 Å². The quantitative estimate of drug-likeness (QED) is 0.253. The Kier molecular flexibility index (Phi) is 7.27. The molecule has 0 N–H and O–H groups in total. The van der Waals surface area contributed by atoms with Gasteiger partial charge in [0, 0.05) is 0 Å². The van der Waals surface area contributed by atoms with Crippen LogP contribution in [0.2, 0.25) is 0 Å². The molecule has 0 aromatic carbocycles. The highest BCUT2D eigenvalue weighted by Crippen LogP contribution is 2.15. The average Bonchev–Trinajstić information content (AvgIpc) is 2.04. The largest absolute Gasteiger partial charge is 0.299 e. The molecule has 74 valence electrons. The van der Waals surface area contributed by atoms with Gasteiger partial charge in [0.2, 0.25) is 0 Å². The summed E-state index contributed by atoms with van der Waals surface area (Å²) in [5.74, 6) is 0. The summed E-state index contributed by atoms with van der Waals surface area (Å²) < 4.78 is 0. The minimum atomic E-state index is 0.877. The van der Waals surface area contributed by atoms with Gasteiger partial charge in [-0.1, -0.05) is 37.5 Å². The molecule has 0 radical (unpaired) electrons. The lowest BCUT2D eigenvalue weighted by Gasteiger charge is -2.05. The van der Waals surface area contributed by atoms with Gasteiger partial charge in [-0.05, 0) is 32.3 Å². The van der Waals surface area contributed by atoms with Crippen LogP contribution < -0.4 is 0 Å². The average molecular weight is 180 g/mol. The fraction of sp³-hybridized carbons (Fsp3) is 0.583. The van der Waals surface area contributed by atoms with E-state index in [0.29, 0.717) is 0 Å². The zero-order chi connectivity index (χ0) is 10.1. The fourth-order valence-electron chi connectivity index (χ4n) is 1.32. The highest BCUT2D eigenvalue weighted by molar-refractivity contribution is 5.66. The van der Waals surface area contributed by atoms with Crippen LogP contribution in [0.5, 0.6) is 0 Å². The fourth-order valence-corrected chi connectivity index (χ4v) is 1.32. The summed E-state index contributed by atoms with van der Waals surface area (Å²) in [5.41, 5.74) is 2.35. The molecule has 0 spiro atoms. The van der Waals surface area contributed by atoms with Crippen LogP contribution in [-0.4, -0.2) is 6.29 Å². The highest BCUT2D eigenvalue weighted by Gasteiger charge is 1.97. The second-order valence-corrected chi connectivity index (χ2v) is 3.55. The van der Waals surface area contributed by atoms with E-state index in [1.165, 1.54) is 24.8 Å². The lowest BCUT2D eigenvalue weighted by molar-refractivity contribution is -0.104. The Hall–Kier alpha value is -0.850. The predicted molar refractivity (Wildman–Crippen MR) is 57.7 cm³/mol. The van der Waals surface area contributed by atoms with Crippen molar-refractivity contribution in [3.8, 4) is 0 Å². The van der Waals surface area contributed by atoms with E-state index in [0.717, 1.165) is 24.7 Å². The number of carbonyl (C=O) groups is 1. The molecule has 0 aromatic rings. The Bertz CT molecular complexity index is 189. The Morgan fingerprint density at radius 2 is 2.08 bits per heavy atom. The molecule has 0 heterocycles. The maximum absolute atomic E-state index is 10.3. The van der Waals surface area contributed by atoms with Crippen LogP contribution in [0.4, 0.5) is 0 Å². The smallest absolute Gasteiger partial charge is 0.142 e. The van der Waals surface area contributed by atoms with Gasteiger partial charge in [-0.3, -0.25) is 4.79 Å². The molecule has 0 saturated carbocycles. The van der Waals surface area contributed by atoms with Crippen molar-refractivity contribution in [1.82, 2.24) is 0 Å². The molecule has 0 aliphatic carbocycles. The summed E-state index contributed by atoms with van der Waals surface area (Å²) in [6.07, 6.45) is 8.13. The molecule has 0 fully saturated rings. The lowest BCUT2D eigenvalue weighted by atomic mass is 10.0. The molecule has 0 unspecified atom stereocenters. The van der Waals surface area contributed by atoms with E-state index >= 15 is 0 Å². The van der Waals surface area contributed by atoms with Crippen molar-refractivity contribution in [2.45, 2.75) is 46.0 Å². The van der Waals surface area contributed by atoms with Gasteiger partial charge in [-0.25, -0.2) is 0 Å². The van der Waals surface area contributed by atoms with Crippen molar-refractivity contribution >= 4 is 6.29 Å². The lowest BCUT2D eigenvalue weighted by Crippen LogP contribution is -1.87. The summed E-state index contributed by atoms with van der Waals surface area (Å²) in [4.78, 5) is 10.3. The van der Waals surface area contributed by atoms with Crippen molar-refractivity contribution in [3.05, 3.63) is 23.8 Å². The summed E-state index contributed by atoms with van der Waals surface area (Å²) in [5, 5.41) is 0. The van der Waals surface area contributed by atoms with Gasteiger partial charge in [0.1, 0.15) is 6.29 Å². The second kappa shape index (κ2) is 7.78. The minimum Gasteiger partial charge on any atom is -0.299 e. The molecule has 0 aliphatic heterocycles. The number of carbonyl (C=O) groups excluding carboxylic acids is 1. The van der Waals surface area contributed by atoms with Crippen LogP contribution in [0, 0.1) is 0 Å². The predicted octanol–water partition coefficient (Wildman–Crippen LogP) is 3.66. The number of allylic oxidation sites excluding steroid dienone is 3. The van der Waals surface area contributed by atoms with E-state index in [1.54, 1.807) is 6.08 Å². The van der Waals surface area contributed by atoms with Crippen LogP contribution >= 0.6 is 0 Å². The van der Waals surface area contributed by atoms with Crippen molar-refractivity contribution in [3.63, 3.8) is 0 Å². The van der Waals surface area contributed by atoms with E-state index in [2.05, 4.69) is 13.5 Å². The first-order valence-electron chi connectivity index (χ1n) is 4.98. The van der Waals surface area contributed by atoms with Gasteiger partial charge in [-0.2, -0.15) is 0 Å². The van der Waals surface area contributed by atoms with Gasteiger partial charge in [0.25, 0.3) is 0 Å². The van der Waals surface area contributed by atoms with Gasteiger partial charge in [0.15, 0.2) is 0 Å².